The Bertz CT molecular complexity index is 798. The number of benzene rings is 2. The zero-order valence-electron chi connectivity index (χ0n) is 18.1. The average molecular weight is 408 g/mol. The van der Waals surface area contributed by atoms with Gasteiger partial charge in [-0.3, -0.25) is 9.69 Å². The minimum atomic E-state index is -0.190. The highest BCUT2D eigenvalue weighted by molar-refractivity contribution is 5.71. The van der Waals surface area contributed by atoms with Crippen molar-refractivity contribution in [1.82, 2.24) is 9.80 Å². The van der Waals surface area contributed by atoms with Gasteiger partial charge in [-0.2, -0.15) is 0 Å². The van der Waals surface area contributed by atoms with Crippen LogP contribution in [0.2, 0.25) is 0 Å². The molecule has 2 aromatic carbocycles. The molecule has 0 saturated carbocycles. The summed E-state index contributed by atoms with van der Waals surface area (Å²) in [4.78, 5) is 18.4. The Hall–Kier alpha value is -2.37. The molecule has 0 bridgehead atoms. The van der Waals surface area contributed by atoms with Crippen LogP contribution in [0.5, 0.6) is 0 Å². The summed E-state index contributed by atoms with van der Waals surface area (Å²) in [5.74, 6) is -0.190. The second kappa shape index (κ2) is 10.1. The highest BCUT2D eigenvalue weighted by Crippen LogP contribution is 2.35. The van der Waals surface area contributed by atoms with Gasteiger partial charge in [0.2, 0.25) is 0 Å². The van der Waals surface area contributed by atoms with Crippen molar-refractivity contribution in [3.8, 4) is 0 Å². The molecule has 0 N–H and O–H groups in total. The maximum Gasteiger partial charge on any atom is 0.302 e. The molecule has 0 aromatic heterocycles. The van der Waals surface area contributed by atoms with Crippen molar-refractivity contribution in [2.24, 2.45) is 0 Å². The third kappa shape index (κ3) is 5.21. The Labute approximate surface area is 180 Å². The van der Waals surface area contributed by atoms with Gasteiger partial charge in [0, 0.05) is 57.6 Å². The molecule has 5 heteroatoms. The monoisotopic (exact) mass is 407 g/mol. The number of rotatable bonds is 7. The van der Waals surface area contributed by atoms with Crippen LogP contribution in [0.25, 0.3) is 0 Å². The highest BCUT2D eigenvalue weighted by Gasteiger charge is 2.21. The second-order valence-electron chi connectivity index (χ2n) is 8.29. The summed E-state index contributed by atoms with van der Waals surface area (Å²) < 4.78 is 5.07. The lowest BCUT2D eigenvalue weighted by Crippen LogP contribution is -2.47. The van der Waals surface area contributed by atoms with Gasteiger partial charge in [0.15, 0.2) is 0 Å². The van der Waals surface area contributed by atoms with Crippen LogP contribution in [0.4, 0.5) is 11.4 Å². The van der Waals surface area contributed by atoms with Crippen LogP contribution >= 0.6 is 0 Å². The zero-order valence-corrected chi connectivity index (χ0v) is 18.1. The SMILES string of the molecule is CC(=O)OCCN1CCN(CCCN2c3ccccc3CCc3ccccc32)CC1. The molecular weight excluding hydrogens is 374 g/mol. The van der Waals surface area contributed by atoms with Crippen LogP contribution in [0.1, 0.15) is 24.5 Å². The number of hydrogen-bond donors (Lipinski definition) is 0. The summed E-state index contributed by atoms with van der Waals surface area (Å²) in [7, 11) is 0. The van der Waals surface area contributed by atoms with Gasteiger partial charge in [0.1, 0.15) is 6.61 Å². The van der Waals surface area contributed by atoms with E-state index in [9.17, 15) is 4.79 Å². The van der Waals surface area contributed by atoms with Crippen molar-refractivity contribution in [3.63, 3.8) is 0 Å². The van der Waals surface area contributed by atoms with Gasteiger partial charge in [0.05, 0.1) is 0 Å². The molecule has 0 amide bonds. The molecule has 2 aromatic rings. The van der Waals surface area contributed by atoms with E-state index >= 15 is 0 Å². The molecule has 0 unspecified atom stereocenters. The lowest BCUT2D eigenvalue weighted by Gasteiger charge is -2.35. The Morgan fingerprint density at radius 3 is 1.90 bits per heavy atom. The van der Waals surface area contributed by atoms with Crippen LogP contribution in [0.15, 0.2) is 48.5 Å². The zero-order chi connectivity index (χ0) is 20.8. The molecule has 0 spiro atoms. The molecule has 1 saturated heterocycles. The van der Waals surface area contributed by atoms with E-state index in [4.69, 9.17) is 4.74 Å². The van der Waals surface area contributed by atoms with Crippen molar-refractivity contribution < 1.29 is 9.53 Å². The normalized spacial score (nSPS) is 17.2. The van der Waals surface area contributed by atoms with E-state index in [-0.39, 0.29) is 5.97 Å². The van der Waals surface area contributed by atoms with Crippen molar-refractivity contribution in [2.45, 2.75) is 26.2 Å². The number of carbonyl (C=O) groups excluding carboxylic acids is 1. The minimum Gasteiger partial charge on any atom is -0.465 e. The van der Waals surface area contributed by atoms with E-state index in [1.165, 1.54) is 29.4 Å². The van der Waals surface area contributed by atoms with Gasteiger partial charge < -0.3 is 14.5 Å². The van der Waals surface area contributed by atoms with Gasteiger partial charge in [-0.15, -0.1) is 0 Å². The highest BCUT2D eigenvalue weighted by atomic mass is 16.5. The molecule has 2 aliphatic heterocycles. The summed E-state index contributed by atoms with van der Waals surface area (Å²) in [6.45, 7) is 9.27. The van der Waals surface area contributed by atoms with Gasteiger partial charge in [-0.05, 0) is 49.1 Å². The molecule has 2 aliphatic rings. The van der Waals surface area contributed by atoms with Crippen molar-refractivity contribution in [3.05, 3.63) is 59.7 Å². The van der Waals surface area contributed by atoms with Gasteiger partial charge in [-0.1, -0.05) is 36.4 Å². The molecule has 1 fully saturated rings. The number of esters is 1. The molecule has 0 radical (unpaired) electrons. The first kappa shape index (κ1) is 20.9. The second-order valence-corrected chi connectivity index (χ2v) is 8.29. The van der Waals surface area contributed by atoms with E-state index in [0.717, 1.165) is 65.1 Å². The number of ether oxygens (including phenoxy) is 1. The van der Waals surface area contributed by atoms with Crippen molar-refractivity contribution >= 4 is 17.3 Å². The summed E-state index contributed by atoms with van der Waals surface area (Å²) in [5, 5.41) is 0. The number of anilines is 2. The van der Waals surface area contributed by atoms with Crippen molar-refractivity contribution in [1.29, 1.82) is 0 Å². The van der Waals surface area contributed by atoms with Crippen LogP contribution in [0.3, 0.4) is 0 Å². The number of piperazine rings is 1. The first-order valence-corrected chi connectivity index (χ1v) is 11.2. The molecule has 4 rings (SSSR count). The van der Waals surface area contributed by atoms with Crippen molar-refractivity contribution in [2.75, 3.05) is 57.3 Å². The maximum atomic E-state index is 10.9. The van der Waals surface area contributed by atoms with E-state index in [0.29, 0.717) is 6.61 Å². The molecule has 5 nitrogen and oxygen atoms in total. The summed E-state index contributed by atoms with van der Waals surface area (Å²) in [6, 6.07) is 17.8. The van der Waals surface area contributed by atoms with Crippen LogP contribution in [0, 0.1) is 0 Å². The lowest BCUT2D eigenvalue weighted by molar-refractivity contribution is -0.141. The molecule has 160 valence electrons. The predicted molar refractivity (Wildman–Crippen MR) is 121 cm³/mol. The number of para-hydroxylation sites is 2. The third-order valence-corrected chi connectivity index (χ3v) is 6.26. The predicted octanol–water partition coefficient (Wildman–Crippen LogP) is 3.49. The van der Waals surface area contributed by atoms with Gasteiger partial charge in [0.25, 0.3) is 0 Å². The molecule has 30 heavy (non-hydrogen) atoms. The van der Waals surface area contributed by atoms with E-state index in [1.807, 2.05) is 0 Å². The number of nitrogens with zero attached hydrogens (tertiary/aromatic N) is 3. The van der Waals surface area contributed by atoms with E-state index < -0.39 is 0 Å². The largest absolute Gasteiger partial charge is 0.465 e. The summed E-state index contributed by atoms with van der Waals surface area (Å²) >= 11 is 0. The fourth-order valence-electron chi connectivity index (χ4n) is 4.62. The Balaban J connectivity index is 1.31. The fraction of sp³-hybridized carbons (Fsp3) is 0.480. The topological polar surface area (TPSA) is 36.0 Å². The Morgan fingerprint density at radius 2 is 1.33 bits per heavy atom. The van der Waals surface area contributed by atoms with Crippen LogP contribution in [-0.4, -0.2) is 68.2 Å². The fourth-order valence-corrected chi connectivity index (χ4v) is 4.62. The first-order valence-electron chi connectivity index (χ1n) is 11.2. The molecule has 0 aliphatic carbocycles. The minimum absolute atomic E-state index is 0.190. The Kier molecular flexibility index (Phi) is 7.03. The summed E-state index contributed by atoms with van der Waals surface area (Å²) in [6.07, 6.45) is 3.37. The lowest BCUT2D eigenvalue weighted by atomic mass is 10.0. The van der Waals surface area contributed by atoms with Crippen LogP contribution in [-0.2, 0) is 22.4 Å². The van der Waals surface area contributed by atoms with Crippen LogP contribution < -0.4 is 4.90 Å². The van der Waals surface area contributed by atoms with E-state index in [2.05, 4.69) is 63.2 Å². The standard InChI is InChI=1S/C25H33N3O2/c1-21(29)30-20-19-27-17-15-26(16-18-27)13-6-14-28-24-9-4-2-7-22(24)11-12-23-8-3-5-10-25(23)28/h2-5,7-10H,6,11-20H2,1H3. The number of carbonyl (C=O) groups is 1. The molecular formula is C25H33N3O2. The van der Waals surface area contributed by atoms with E-state index in [1.54, 1.807) is 0 Å². The quantitative estimate of drug-likeness (QED) is 0.657. The first-order chi connectivity index (χ1) is 14.7. The van der Waals surface area contributed by atoms with Gasteiger partial charge >= 0.3 is 5.97 Å². The number of fused-ring (bicyclic) bond motifs is 2. The third-order valence-electron chi connectivity index (χ3n) is 6.26. The maximum absolute atomic E-state index is 10.9. The summed E-state index contributed by atoms with van der Waals surface area (Å²) in [5.41, 5.74) is 5.65. The average Bonchev–Trinajstić information content (AvgIpc) is 2.92. The number of hydrogen-bond acceptors (Lipinski definition) is 5. The van der Waals surface area contributed by atoms with Gasteiger partial charge in [-0.25, -0.2) is 0 Å². The molecule has 2 heterocycles. The Morgan fingerprint density at radius 1 is 0.800 bits per heavy atom. The molecule has 0 atom stereocenters. The smallest absolute Gasteiger partial charge is 0.302 e. The number of aryl methyl sites for hydroxylation is 2.